The number of hydrogen-bond acceptors (Lipinski definition) is 6. The first-order chi connectivity index (χ1) is 11.9. The van der Waals surface area contributed by atoms with Crippen molar-refractivity contribution in [1.29, 1.82) is 0 Å². The minimum atomic E-state index is -0.176. The number of nitrogens with zero attached hydrogens (tertiary/aromatic N) is 3. The van der Waals surface area contributed by atoms with Crippen molar-refractivity contribution in [2.75, 3.05) is 26.6 Å². The maximum atomic E-state index is 5.30. The number of aliphatic imine (C=N–C) groups is 1. The lowest BCUT2D eigenvalue weighted by Gasteiger charge is -2.13. The Labute approximate surface area is 170 Å². The van der Waals surface area contributed by atoms with Gasteiger partial charge in [0.05, 0.1) is 20.8 Å². The molecular formula is C17H26IN5O3. The van der Waals surface area contributed by atoms with E-state index in [9.17, 15) is 0 Å². The standard InChI is InChI=1S/C17H25N5O3.HI/c1-17(2,3)15-21-14(22-25-15)10-19-16(18-4)20-11-7-8-12(23-5)13(9-11)24-6;/h7-9H,10H2,1-6H3,(H2,18,19,20);1H. The summed E-state index contributed by atoms with van der Waals surface area (Å²) in [5.74, 6) is 3.05. The van der Waals surface area contributed by atoms with Crippen molar-refractivity contribution in [3.8, 4) is 11.5 Å². The number of hydrogen-bond donors (Lipinski definition) is 2. The minimum Gasteiger partial charge on any atom is -0.493 e. The molecule has 2 rings (SSSR count). The number of guanidine groups is 1. The van der Waals surface area contributed by atoms with Crippen LogP contribution >= 0.6 is 24.0 Å². The predicted molar refractivity (Wildman–Crippen MR) is 112 cm³/mol. The summed E-state index contributed by atoms with van der Waals surface area (Å²) < 4.78 is 15.8. The number of halogens is 1. The van der Waals surface area contributed by atoms with E-state index in [-0.39, 0.29) is 29.4 Å². The number of ether oxygens (including phenoxy) is 2. The fraction of sp³-hybridized carbons (Fsp3) is 0.471. The van der Waals surface area contributed by atoms with Crippen molar-refractivity contribution in [2.24, 2.45) is 4.99 Å². The van der Waals surface area contributed by atoms with Crippen molar-refractivity contribution >= 4 is 35.6 Å². The molecule has 1 aromatic heterocycles. The van der Waals surface area contributed by atoms with Gasteiger partial charge in [-0.1, -0.05) is 25.9 Å². The van der Waals surface area contributed by atoms with E-state index in [1.54, 1.807) is 21.3 Å². The lowest BCUT2D eigenvalue weighted by atomic mass is 9.97. The Hall–Kier alpha value is -2.04. The molecule has 0 saturated carbocycles. The maximum absolute atomic E-state index is 5.30. The summed E-state index contributed by atoms with van der Waals surface area (Å²) in [6, 6.07) is 5.53. The molecule has 8 nitrogen and oxygen atoms in total. The van der Waals surface area contributed by atoms with E-state index < -0.39 is 0 Å². The molecule has 0 aliphatic rings. The average Bonchev–Trinajstić information content (AvgIpc) is 3.07. The minimum absolute atomic E-state index is 0. The quantitative estimate of drug-likeness (QED) is 0.390. The zero-order valence-corrected chi connectivity index (χ0v) is 18.2. The second-order valence-corrected chi connectivity index (χ2v) is 6.39. The largest absolute Gasteiger partial charge is 0.493 e. The number of anilines is 1. The van der Waals surface area contributed by atoms with Crippen LogP contribution in [0.4, 0.5) is 5.69 Å². The summed E-state index contributed by atoms with van der Waals surface area (Å²) in [7, 11) is 4.88. The maximum Gasteiger partial charge on any atom is 0.232 e. The highest BCUT2D eigenvalue weighted by Gasteiger charge is 2.21. The molecule has 0 unspecified atom stereocenters. The van der Waals surface area contributed by atoms with Crippen molar-refractivity contribution in [2.45, 2.75) is 32.7 Å². The Morgan fingerprint density at radius 3 is 2.42 bits per heavy atom. The molecule has 9 heteroatoms. The van der Waals surface area contributed by atoms with E-state index in [0.29, 0.717) is 35.7 Å². The van der Waals surface area contributed by atoms with Gasteiger partial charge in [0.2, 0.25) is 5.89 Å². The van der Waals surface area contributed by atoms with E-state index in [4.69, 9.17) is 14.0 Å². The Bertz CT molecular complexity index is 740. The summed E-state index contributed by atoms with van der Waals surface area (Å²) in [4.78, 5) is 8.57. The summed E-state index contributed by atoms with van der Waals surface area (Å²) in [6.45, 7) is 6.46. The molecule has 1 heterocycles. The van der Waals surface area contributed by atoms with E-state index >= 15 is 0 Å². The molecule has 0 saturated heterocycles. The van der Waals surface area contributed by atoms with Gasteiger partial charge >= 0.3 is 0 Å². The van der Waals surface area contributed by atoms with Crippen molar-refractivity contribution in [3.05, 3.63) is 29.9 Å². The first-order valence-electron chi connectivity index (χ1n) is 7.90. The van der Waals surface area contributed by atoms with Crippen LogP contribution in [-0.2, 0) is 12.0 Å². The third kappa shape index (κ3) is 5.75. The molecule has 1 aromatic carbocycles. The highest BCUT2D eigenvalue weighted by atomic mass is 127. The fourth-order valence-electron chi connectivity index (χ4n) is 2.02. The Balaban J connectivity index is 0.00000338. The normalized spacial score (nSPS) is 11.5. The summed E-state index contributed by atoms with van der Waals surface area (Å²) in [5.41, 5.74) is 0.638. The van der Waals surface area contributed by atoms with Gasteiger partial charge in [0.15, 0.2) is 23.3 Å². The van der Waals surface area contributed by atoms with E-state index in [0.717, 1.165) is 5.69 Å². The number of aromatic nitrogens is 2. The van der Waals surface area contributed by atoms with Gasteiger partial charge in [-0.3, -0.25) is 4.99 Å². The Kier molecular flexibility index (Phi) is 8.12. The number of rotatable bonds is 5. The Morgan fingerprint density at radius 1 is 1.19 bits per heavy atom. The van der Waals surface area contributed by atoms with Gasteiger partial charge < -0.3 is 24.6 Å². The van der Waals surface area contributed by atoms with Crippen molar-refractivity contribution in [1.82, 2.24) is 15.5 Å². The topological polar surface area (TPSA) is 93.8 Å². The lowest BCUT2D eigenvalue weighted by Crippen LogP contribution is -2.30. The van der Waals surface area contributed by atoms with Gasteiger partial charge in [0.1, 0.15) is 0 Å². The molecule has 2 aromatic rings. The van der Waals surface area contributed by atoms with E-state index in [1.807, 2.05) is 39.0 Å². The zero-order chi connectivity index (χ0) is 18.4. The number of benzene rings is 1. The van der Waals surface area contributed by atoms with Crippen LogP contribution in [-0.4, -0.2) is 37.4 Å². The van der Waals surface area contributed by atoms with Crippen LogP contribution in [0.5, 0.6) is 11.5 Å². The first kappa shape index (κ1) is 22.0. The molecule has 0 bridgehead atoms. The molecule has 0 spiro atoms. The van der Waals surface area contributed by atoms with Crippen LogP contribution in [0.3, 0.4) is 0 Å². The average molecular weight is 475 g/mol. The summed E-state index contributed by atoms with van der Waals surface area (Å²) >= 11 is 0. The molecule has 0 fully saturated rings. The second kappa shape index (κ2) is 9.60. The Morgan fingerprint density at radius 2 is 1.88 bits per heavy atom. The van der Waals surface area contributed by atoms with Crippen molar-refractivity contribution in [3.63, 3.8) is 0 Å². The highest BCUT2D eigenvalue weighted by Crippen LogP contribution is 2.29. The fourth-order valence-corrected chi connectivity index (χ4v) is 2.02. The molecule has 26 heavy (non-hydrogen) atoms. The first-order valence-corrected chi connectivity index (χ1v) is 7.90. The summed E-state index contributed by atoms with van der Waals surface area (Å²) in [5, 5.41) is 10.3. The second-order valence-electron chi connectivity index (χ2n) is 6.39. The number of methoxy groups -OCH3 is 2. The van der Waals surface area contributed by atoms with Crippen LogP contribution in [0.25, 0.3) is 0 Å². The molecule has 2 N–H and O–H groups in total. The predicted octanol–water partition coefficient (Wildman–Crippen LogP) is 3.19. The van der Waals surface area contributed by atoms with Gasteiger partial charge in [0, 0.05) is 24.2 Å². The highest BCUT2D eigenvalue weighted by molar-refractivity contribution is 14.0. The molecule has 0 aliphatic carbocycles. The lowest BCUT2D eigenvalue weighted by molar-refractivity contribution is 0.318. The smallest absolute Gasteiger partial charge is 0.232 e. The SMILES string of the molecule is CN=C(NCc1noc(C(C)(C)C)n1)Nc1ccc(OC)c(OC)c1.I. The molecule has 0 atom stereocenters. The summed E-state index contributed by atoms with van der Waals surface area (Å²) in [6.07, 6.45) is 0. The zero-order valence-electron chi connectivity index (χ0n) is 15.9. The van der Waals surface area contributed by atoms with E-state index in [1.165, 1.54) is 0 Å². The molecule has 0 amide bonds. The van der Waals surface area contributed by atoms with Gasteiger partial charge in [0.25, 0.3) is 0 Å². The molecule has 0 radical (unpaired) electrons. The number of nitrogens with one attached hydrogen (secondary N) is 2. The monoisotopic (exact) mass is 475 g/mol. The molecule has 0 aliphatic heterocycles. The van der Waals surface area contributed by atoms with Crippen LogP contribution in [0, 0.1) is 0 Å². The third-order valence-corrected chi connectivity index (χ3v) is 3.39. The van der Waals surface area contributed by atoms with Gasteiger partial charge in [-0.25, -0.2) is 0 Å². The van der Waals surface area contributed by atoms with E-state index in [2.05, 4.69) is 25.8 Å². The van der Waals surface area contributed by atoms with Crippen LogP contribution < -0.4 is 20.1 Å². The van der Waals surface area contributed by atoms with Crippen LogP contribution in [0.15, 0.2) is 27.7 Å². The molecular weight excluding hydrogens is 449 g/mol. The third-order valence-electron chi connectivity index (χ3n) is 3.39. The van der Waals surface area contributed by atoms with Gasteiger partial charge in [-0.2, -0.15) is 4.98 Å². The molecule has 144 valence electrons. The van der Waals surface area contributed by atoms with Crippen LogP contribution in [0.1, 0.15) is 32.5 Å². The van der Waals surface area contributed by atoms with Gasteiger partial charge in [-0.15, -0.1) is 24.0 Å². The van der Waals surface area contributed by atoms with Gasteiger partial charge in [-0.05, 0) is 12.1 Å². The van der Waals surface area contributed by atoms with Crippen LogP contribution in [0.2, 0.25) is 0 Å². The van der Waals surface area contributed by atoms with Crippen molar-refractivity contribution < 1.29 is 14.0 Å².